The summed E-state index contributed by atoms with van der Waals surface area (Å²) in [4.78, 5) is 12.4. The van der Waals surface area contributed by atoms with Crippen molar-refractivity contribution in [2.45, 2.75) is 31.3 Å². The van der Waals surface area contributed by atoms with Crippen molar-refractivity contribution in [2.75, 3.05) is 19.8 Å². The molecule has 2 aromatic carbocycles. The Kier molecular flexibility index (Phi) is 4.64. The van der Waals surface area contributed by atoms with Crippen LogP contribution in [0.2, 0.25) is 0 Å². The van der Waals surface area contributed by atoms with Crippen LogP contribution in [0.4, 0.5) is 0 Å². The molecule has 1 aliphatic heterocycles. The van der Waals surface area contributed by atoms with E-state index in [1.54, 1.807) is 0 Å². The standard InChI is InChI=1S/C19H23NO3/c1-14(16-7-6-15-4-2-3-5-17(15)12-16)18(21)20-13-19(22)8-10-23-11-9-19/h2-7,12,14,22H,8-11,13H2,1H3,(H,20,21). The summed E-state index contributed by atoms with van der Waals surface area (Å²) in [6.45, 7) is 3.28. The summed E-state index contributed by atoms with van der Waals surface area (Å²) in [5, 5.41) is 15.6. The third-order valence-corrected chi connectivity index (χ3v) is 4.68. The second kappa shape index (κ2) is 6.69. The molecule has 3 rings (SSSR count). The van der Waals surface area contributed by atoms with E-state index in [0.29, 0.717) is 26.1 Å². The lowest BCUT2D eigenvalue weighted by atomic mass is 9.93. The number of carbonyl (C=O) groups is 1. The molecule has 0 aromatic heterocycles. The molecule has 2 aromatic rings. The van der Waals surface area contributed by atoms with E-state index >= 15 is 0 Å². The summed E-state index contributed by atoms with van der Waals surface area (Å²) in [6.07, 6.45) is 1.13. The van der Waals surface area contributed by atoms with Crippen molar-refractivity contribution in [3.63, 3.8) is 0 Å². The van der Waals surface area contributed by atoms with E-state index in [9.17, 15) is 9.90 Å². The molecule has 0 spiro atoms. The Balaban J connectivity index is 1.66. The molecular weight excluding hydrogens is 290 g/mol. The second-order valence-electron chi connectivity index (χ2n) is 6.38. The molecule has 1 amide bonds. The lowest BCUT2D eigenvalue weighted by Gasteiger charge is -2.32. The monoisotopic (exact) mass is 313 g/mol. The summed E-state index contributed by atoms with van der Waals surface area (Å²) in [5.74, 6) is -0.303. The molecule has 23 heavy (non-hydrogen) atoms. The number of ether oxygens (including phenoxy) is 1. The SMILES string of the molecule is CC(C(=O)NCC1(O)CCOCC1)c1ccc2ccccc2c1. The van der Waals surface area contributed by atoms with Crippen molar-refractivity contribution in [1.82, 2.24) is 5.32 Å². The number of amides is 1. The van der Waals surface area contributed by atoms with Gasteiger partial charge in [-0.15, -0.1) is 0 Å². The van der Waals surface area contributed by atoms with Crippen LogP contribution >= 0.6 is 0 Å². The van der Waals surface area contributed by atoms with E-state index in [2.05, 4.69) is 17.4 Å². The number of nitrogens with one attached hydrogen (secondary N) is 1. The van der Waals surface area contributed by atoms with Crippen LogP contribution in [-0.4, -0.2) is 36.4 Å². The number of aliphatic hydroxyl groups is 1. The van der Waals surface area contributed by atoms with Gasteiger partial charge in [-0.25, -0.2) is 0 Å². The van der Waals surface area contributed by atoms with Gasteiger partial charge in [-0.1, -0.05) is 42.5 Å². The third kappa shape index (κ3) is 3.71. The number of rotatable bonds is 4. The minimum atomic E-state index is -0.836. The van der Waals surface area contributed by atoms with Crippen LogP contribution in [0.3, 0.4) is 0 Å². The van der Waals surface area contributed by atoms with Crippen molar-refractivity contribution in [3.8, 4) is 0 Å². The Hall–Kier alpha value is -1.91. The second-order valence-corrected chi connectivity index (χ2v) is 6.38. The first kappa shape index (κ1) is 16.0. The van der Waals surface area contributed by atoms with Crippen molar-refractivity contribution >= 4 is 16.7 Å². The molecule has 0 saturated carbocycles. The van der Waals surface area contributed by atoms with Gasteiger partial charge in [-0.3, -0.25) is 4.79 Å². The Labute approximate surface area is 136 Å². The third-order valence-electron chi connectivity index (χ3n) is 4.68. The fourth-order valence-corrected chi connectivity index (χ4v) is 2.96. The highest BCUT2D eigenvalue weighted by atomic mass is 16.5. The molecule has 122 valence electrons. The topological polar surface area (TPSA) is 58.6 Å². The zero-order valence-corrected chi connectivity index (χ0v) is 13.4. The molecular formula is C19H23NO3. The molecule has 1 unspecified atom stereocenters. The molecule has 0 bridgehead atoms. The first-order valence-corrected chi connectivity index (χ1v) is 8.14. The first-order valence-electron chi connectivity index (χ1n) is 8.14. The molecule has 1 atom stereocenters. The van der Waals surface area contributed by atoms with E-state index < -0.39 is 5.60 Å². The number of carbonyl (C=O) groups excluding carboxylic acids is 1. The molecule has 4 nitrogen and oxygen atoms in total. The van der Waals surface area contributed by atoms with Gasteiger partial charge in [0.2, 0.25) is 5.91 Å². The van der Waals surface area contributed by atoms with Crippen LogP contribution in [0, 0.1) is 0 Å². The summed E-state index contributed by atoms with van der Waals surface area (Å²) in [5.41, 5.74) is 0.150. The maximum atomic E-state index is 12.4. The van der Waals surface area contributed by atoms with E-state index in [0.717, 1.165) is 10.9 Å². The van der Waals surface area contributed by atoms with Crippen molar-refractivity contribution in [2.24, 2.45) is 0 Å². The molecule has 0 radical (unpaired) electrons. The highest BCUT2D eigenvalue weighted by Crippen LogP contribution is 2.23. The number of hydrogen-bond donors (Lipinski definition) is 2. The maximum absolute atomic E-state index is 12.4. The van der Waals surface area contributed by atoms with Gasteiger partial charge in [-0.05, 0) is 23.3 Å². The number of fused-ring (bicyclic) bond motifs is 1. The molecule has 1 fully saturated rings. The lowest BCUT2D eigenvalue weighted by Crippen LogP contribution is -2.47. The molecule has 2 N–H and O–H groups in total. The van der Waals surface area contributed by atoms with Gasteiger partial charge < -0.3 is 15.2 Å². The van der Waals surface area contributed by atoms with Crippen LogP contribution in [0.25, 0.3) is 10.8 Å². The van der Waals surface area contributed by atoms with Crippen LogP contribution in [-0.2, 0) is 9.53 Å². The molecule has 4 heteroatoms. The smallest absolute Gasteiger partial charge is 0.227 e. The fraction of sp³-hybridized carbons (Fsp3) is 0.421. The van der Waals surface area contributed by atoms with E-state index in [-0.39, 0.29) is 18.4 Å². The van der Waals surface area contributed by atoms with Crippen LogP contribution in [0.5, 0.6) is 0 Å². The highest BCUT2D eigenvalue weighted by Gasteiger charge is 2.30. The lowest BCUT2D eigenvalue weighted by molar-refractivity contribution is -0.125. The Morgan fingerprint density at radius 3 is 2.65 bits per heavy atom. The Morgan fingerprint density at radius 1 is 1.22 bits per heavy atom. The zero-order valence-electron chi connectivity index (χ0n) is 13.4. The van der Waals surface area contributed by atoms with Crippen LogP contribution in [0.1, 0.15) is 31.2 Å². The minimum absolute atomic E-state index is 0.0554. The molecule has 1 heterocycles. The van der Waals surface area contributed by atoms with E-state index in [4.69, 9.17) is 4.74 Å². The first-order chi connectivity index (χ1) is 11.1. The largest absolute Gasteiger partial charge is 0.388 e. The Morgan fingerprint density at radius 2 is 1.91 bits per heavy atom. The number of benzene rings is 2. The van der Waals surface area contributed by atoms with Gasteiger partial charge in [0.1, 0.15) is 0 Å². The highest BCUT2D eigenvalue weighted by molar-refractivity contribution is 5.87. The predicted molar refractivity (Wildman–Crippen MR) is 90.4 cm³/mol. The van der Waals surface area contributed by atoms with Crippen molar-refractivity contribution in [3.05, 3.63) is 48.0 Å². The van der Waals surface area contributed by atoms with Crippen molar-refractivity contribution in [1.29, 1.82) is 0 Å². The number of hydrogen-bond acceptors (Lipinski definition) is 3. The van der Waals surface area contributed by atoms with Gasteiger partial charge in [0, 0.05) is 32.6 Å². The average Bonchev–Trinajstić information content (AvgIpc) is 2.59. The van der Waals surface area contributed by atoms with Crippen LogP contribution in [0.15, 0.2) is 42.5 Å². The summed E-state index contributed by atoms with van der Waals surface area (Å²) in [6, 6.07) is 14.2. The van der Waals surface area contributed by atoms with Gasteiger partial charge in [-0.2, -0.15) is 0 Å². The normalized spacial score (nSPS) is 18.5. The van der Waals surface area contributed by atoms with E-state index in [1.807, 2.05) is 37.3 Å². The van der Waals surface area contributed by atoms with Gasteiger partial charge >= 0.3 is 0 Å². The quantitative estimate of drug-likeness (QED) is 0.912. The Bertz CT molecular complexity index is 692. The minimum Gasteiger partial charge on any atom is -0.388 e. The molecule has 1 saturated heterocycles. The average molecular weight is 313 g/mol. The van der Waals surface area contributed by atoms with Crippen molar-refractivity contribution < 1.29 is 14.6 Å². The summed E-state index contributed by atoms with van der Waals surface area (Å²) >= 11 is 0. The van der Waals surface area contributed by atoms with Gasteiger partial charge in [0.05, 0.1) is 11.5 Å². The zero-order chi connectivity index (χ0) is 16.3. The van der Waals surface area contributed by atoms with E-state index in [1.165, 1.54) is 5.39 Å². The fourth-order valence-electron chi connectivity index (χ4n) is 2.96. The summed E-state index contributed by atoms with van der Waals surface area (Å²) in [7, 11) is 0. The molecule has 1 aliphatic rings. The predicted octanol–water partition coefficient (Wildman–Crippen LogP) is 2.60. The maximum Gasteiger partial charge on any atom is 0.227 e. The van der Waals surface area contributed by atoms with Gasteiger partial charge in [0.15, 0.2) is 0 Å². The van der Waals surface area contributed by atoms with Crippen LogP contribution < -0.4 is 5.32 Å². The summed E-state index contributed by atoms with van der Waals surface area (Å²) < 4.78 is 5.26. The van der Waals surface area contributed by atoms with Gasteiger partial charge in [0.25, 0.3) is 0 Å². The molecule has 0 aliphatic carbocycles.